The topological polar surface area (TPSA) is 116 Å². The third kappa shape index (κ3) is 6.32. The molecule has 0 bridgehead atoms. The first-order chi connectivity index (χ1) is 18.2. The maximum Gasteiger partial charge on any atom is 0.343 e. The number of benzene rings is 2. The summed E-state index contributed by atoms with van der Waals surface area (Å²) in [5, 5.41) is 0. The second kappa shape index (κ2) is 12.2. The third-order valence-electron chi connectivity index (χ3n) is 6.60. The van der Waals surface area contributed by atoms with E-state index in [0.717, 1.165) is 4.90 Å². The van der Waals surface area contributed by atoms with Gasteiger partial charge in [-0.15, -0.1) is 0 Å². The lowest BCUT2D eigenvalue weighted by atomic mass is 9.81. The summed E-state index contributed by atoms with van der Waals surface area (Å²) < 4.78 is 15.5. The number of fused-ring (bicyclic) bond motifs is 1. The lowest BCUT2D eigenvalue weighted by Crippen LogP contribution is -2.34. The standard InChI is InChI=1S/C27H25Br2NO8/c1-36-18-4-2-3-16(11-18)27(35)38-17-7-5-15(6-8-17)23(31)14-37-24(32)9-10-30-25(33)19-12-21(28)22(29)13-20(19)26(30)34/h2-8,11,19-22H,9-10,12-14H2,1H3. The molecule has 38 heavy (non-hydrogen) atoms. The number of amides is 2. The first-order valence-corrected chi connectivity index (χ1v) is 13.8. The zero-order chi connectivity index (χ0) is 27.4. The number of nitrogens with zero attached hydrogens (tertiary/aromatic N) is 1. The van der Waals surface area contributed by atoms with E-state index in [-0.39, 0.29) is 57.6 Å². The van der Waals surface area contributed by atoms with Crippen molar-refractivity contribution in [3.05, 3.63) is 59.7 Å². The van der Waals surface area contributed by atoms with E-state index in [9.17, 15) is 24.0 Å². The van der Waals surface area contributed by atoms with Crippen LogP contribution in [0.3, 0.4) is 0 Å². The van der Waals surface area contributed by atoms with E-state index in [0.29, 0.717) is 24.2 Å². The number of rotatable bonds is 9. The number of esters is 2. The monoisotopic (exact) mass is 649 g/mol. The molecular weight excluding hydrogens is 626 g/mol. The van der Waals surface area contributed by atoms with Gasteiger partial charge in [0.2, 0.25) is 11.8 Å². The highest BCUT2D eigenvalue weighted by molar-refractivity contribution is 9.12. The molecule has 0 N–H and O–H groups in total. The van der Waals surface area contributed by atoms with Crippen molar-refractivity contribution < 1.29 is 38.2 Å². The Labute approximate surface area is 236 Å². The summed E-state index contributed by atoms with van der Waals surface area (Å²) in [6.07, 6.45) is 0.915. The van der Waals surface area contributed by atoms with Gasteiger partial charge in [-0.3, -0.25) is 24.1 Å². The summed E-state index contributed by atoms with van der Waals surface area (Å²) in [5.41, 5.74) is 0.578. The Morgan fingerprint density at radius 1 is 0.895 bits per heavy atom. The number of ether oxygens (including phenoxy) is 3. The van der Waals surface area contributed by atoms with Crippen molar-refractivity contribution >= 4 is 61.4 Å². The van der Waals surface area contributed by atoms with Gasteiger partial charge in [0, 0.05) is 21.8 Å². The number of likely N-dealkylation sites (tertiary alicyclic amines) is 1. The maximum atomic E-state index is 12.7. The molecule has 200 valence electrons. The van der Waals surface area contributed by atoms with Crippen LogP contribution in [0.25, 0.3) is 0 Å². The summed E-state index contributed by atoms with van der Waals surface area (Å²) in [4.78, 5) is 63.7. The SMILES string of the molecule is COc1cccc(C(=O)Oc2ccc(C(=O)COC(=O)CCN3C(=O)C4CC(Br)C(Br)CC4C3=O)cc2)c1. The number of carbonyl (C=O) groups excluding carboxylic acids is 5. The van der Waals surface area contributed by atoms with Crippen molar-refractivity contribution in [2.45, 2.75) is 28.9 Å². The predicted octanol–water partition coefficient (Wildman–Crippen LogP) is 3.95. The molecular formula is C27H25Br2NO8. The maximum absolute atomic E-state index is 12.7. The highest BCUT2D eigenvalue weighted by Crippen LogP contribution is 2.43. The normalized spacial score (nSPS) is 22.6. The van der Waals surface area contributed by atoms with Gasteiger partial charge in [0.25, 0.3) is 0 Å². The van der Waals surface area contributed by atoms with E-state index in [1.165, 1.54) is 31.4 Å². The summed E-state index contributed by atoms with van der Waals surface area (Å²) in [5.74, 6) is -2.24. The Balaban J connectivity index is 1.23. The van der Waals surface area contributed by atoms with Crippen LogP contribution in [-0.4, -0.2) is 64.4 Å². The molecule has 9 nitrogen and oxygen atoms in total. The van der Waals surface area contributed by atoms with Crippen LogP contribution in [0.4, 0.5) is 0 Å². The zero-order valence-electron chi connectivity index (χ0n) is 20.4. The van der Waals surface area contributed by atoms with Gasteiger partial charge in [-0.05, 0) is 55.3 Å². The molecule has 4 rings (SSSR count). The summed E-state index contributed by atoms with van der Waals surface area (Å²) in [6.45, 7) is -0.573. The molecule has 2 aromatic carbocycles. The minimum Gasteiger partial charge on any atom is -0.497 e. The highest BCUT2D eigenvalue weighted by atomic mass is 79.9. The van der Waals surface area contributed by atoms with E-state index in [1.807, 2.05) is 0 Å². The van der Waals surface area contributed by atoms with E-state index in [2.05, 4.69) is 31.9 Å². The van der Waals surface area contributed by atoms with Crippen LogP contribution >= 0.6 is 31.9 Å². The van der Waals surface area contributed by atoms with Crippen molar-refractivity contribution in [1.82, 2.24) is 4.90 Å². The molecule has 0 spiro atoms. The Morgan fingerprint density at radius 3 is 2.13 bits per heavy atom. The largest absolute Gasteiger partial charge is 0.497 e. The van der Waals surface area contributed by atoms with Crippen LogP contribution in [0, 0.1) is 11.8 Å². The third-order valence-corrected chi connectivity index (χ3v) is 9.33. The molecule has 2 aliphatic rings. The number of halogens is 2. The quantitative estimate of drug-likeness (QED) is 0.132. The summed E-state index contributed by atoms with van der Waals surface area (Å²) >= 11 is 7.08. The Bertz CT molecular complexity index is 1220. The summed E-state index contributed by atoms with van der Waals surface area (Å²) in [7, 11) is 1.50. The van der Waals surface area contributed by atoms with Gasteiger partial charge in [0.15, 0.2) is 12.4 Å². The van der Waals surface area contributed by atoms with E-state index >= 15 is 0 Å². The number of alkyl halides is 2. The zero-order valence-corrected chi connectivity index (χ0v) is 23.6. The molecule has 2 aromatic rings. The van der Waals surface area contributed by atoms with Gasteiger partial charge >= 0.3 is 11.9 Å². The van der Waals surface area contributed by atoms with E-state index < -0.39 is 24.3 Å². The second-order valence-corrected chi connectivity index (χ2v) is 11.4. The molecule has 1 saturated carbocycles. The van der Waals surface area contributed by atoms with Crippen molar-refractivity contribution in [3.8, 4) is 11.5 Å². The van der Waals surface area contributed by atoms with Crippen LogP contribution in [0.5, 0.6) is 11.5 Å². The fraction of sp³-hybridized carbons (Fsp3) is 0.370. The number of methoxy groups -OCH3 is 1. The number of imide groups is 1. The highest BCUT2D eigenvalue weighted by Gasteiger charge is 2.51. The number of hydrogen-bond acceptors (Lipinski definition) is 8. The van der Waals surface area contributed by atoms with Crippen molar-refractivity contribution in [2.24, 2.45) is 11.8 Å². The van der Waals surface area contributed by atoms with Crippen LogP contribution in [0.1, 0.15) is 40.0 Å². The molecule has 0 aromatic heterocycles. The first kappa shape index (κ1) is 28.0. The van der Waals surface area contributed by atoms with Gasteiger partial charge in [0.05, 0.1) is 30.9 Å². The lowest BCUT2D eigenvalue weighted by molar-refractivity contribution is -0.145. The average Bonchev–Trinajstić information content (AvgIpc) is 3.14. The molecule has 4 unspecified atom stereocenters. The predicted molar refractivity (Wildman–Crippen MR) is 143 cm³/mol. The number of ketones is 1. The van der Waals surface area contributed by atoms with Crippen molar-refractivity contribution in [3.63, 3.8) is 0 Å². The number of Topliss-reactive ketones (excluding diaryl/α,β-unsaturated/α-hetero) is 1. The van der Waals surface area contributed by atoms with E-state index in [1.54, 1.807) is 24.3 Å². The van der Waals surface area contributed by atoms with Crippen molar-refractivity contribution in [2.75, 3.05) is 20.3 Å². The number of carbonyl (C=O) groups is 5. The van der Waals surface area contributed by atoms with Gasteiger partial charge in [-0.2, -0.15) is 0 Å². The minimum absolute atomic E-state index is 0.0784. The lowest BCUT2D eigenvalue weighted by Gasteiger charge is -2.29. The first-order valence-electron chi connectivity index (χ1n) is 12.0. The molecule has 1 heterocycles. The Hall–Kier alpha value is -3.05. The van der Waals surface area contributed by atoms with Crippen LogP contribution in [-0.2, 0) is 19.1 Å². The fourth-order valence-electron chi connectivity index (χ4n) is 4.51. The second-order valence-electron chi connectivity index (χ2n) is 9.02. The fourth-order valence-corrected chi connectivity index (χ4v) is 5.75. The van der Waals surface area contributed by atoms with Gasteiger partial charge in [0.1, 0.15) is 11.5 Å². The van der Waals surface area contributed by atoms with Crippen LogP contribution < -0.4 is 9.47 Å². The molecule has 0 radical (unpaired) electrons. The van der Waals surface area contributed by atoms with Gasteiger partial charge in [-0.25, -0.2) is 4.79 Å². The molecule has 1 saturated heterocycles. The van der Waals surface area contributed by atoms with Crippen molar-refractivity contribution in [1.29, 1.82) is 0 Å². The Morgan fingerprint density at radius 2 is 1.53 bits per heavy atom. The van der Waals surface area contributed by atoms with Crippen LogP contribution in [0.15, 0.2) is 48.5 Å². The van der Waals surface area contributed by atoms with E-state index in [4.69, 9.17) is 14.2 Å². The Kier molecular flexibility index (Phi) is 8.99. The van der Waals surface area contributed by atoms with Gasteiger partial charge < -0.3 is 14.2 Å². The molecule has 2 fully saturated rings. The smallest absolute Gasteiger partial charge is 0.343 e. The molecule has 2 amide bonds. The minimum atomic E-state index is -0.686. The summed E-state index contributed by atoms with van der Waals surface area (Å²) in [6, 6.07) is 12.4. The molecule has 1 aliphatic heterocycles. The average molecular weight is 651 g/mol. The number of hydrogen-bond donors (Lipinski definition) is 0. The van der Waals surface area contributed by atoms with Crippen LogP contribution in [0.2, 0.25) is 0 Å². The molecule has 11 heteroatoms. The molecule has 1 aliphatic carbocycles. The van der Waals surface area contributed by atoms with Gasteiger partial charge in [-0.1, -0.05) is 37.9 Å². The molecule has 4 atom stereocenters.